The van der Waals surface area contributed by atoms with Gasteiger partial charge in [-0.25, -0.2) is 4.98 Å². The molecule has 0 radical (unpaired) electrons. The molecule has 0 aliphatic heterocycles. The number of rotatable bonds is 7. The van der Waals surface area contributed by atoms with Gasteiger partial charge < -0.3 is 10.2 Å². The van der Waals surface area contributed by atoms with Gasteiger partial charge in [-0.1, -0.05) is 13.8 Å². The van der Waals surface area contributed by atoms with Crippen molar-refractivity contribution < 1.29 is 0 Å². The fraction of sp³-hybridized carbons (Fsp3) is 0.688. The van der Waals surface area contributed by atoms with E-state index in [1.165, 1.54) is 11.1 Å². The maximum Gasteiger partial charge on any atom is 0.133 e. The largest absolute Gasteiger partial charge is 0.354 e. The van der Waals surface area contributed by atoms with Crippen molar-refractivity contribution in [2.24, 2.45) is 0 Å². The second kappa shape index (κ2) is 7.49. The minimum Gasteiger partial charge on any atom is -0.354 e. The first-order valence-corrected chi connectivity index (χ1v) is 7.49. The van der Waals surface area contributed by atoms with E-state index >= 15 is 0 Å². The first-order valence-electron chi connectivity index (χ1n) is 7.49. The average molecular weight is 263 g/mol. The van der Waals surface area contributed by atoms with E-state index < -0.39 is 0 Å². The topological polar surface area (TPSA) is 28.2 Å². The molecular weight excluding hydrogens is 234 g/mol. The highest BCUT2D eigenvalue weighted by Gasteiger charge is 2.18. The summed E-state index contributed by atoms with van der Waals surface area (Å²) >= 11 is 0. The molecule has 1 aromatic heterocycles. The quantitative estimate of drug-likeness (QED) is 0.817. The molecule has 1 rings (SSSR count). The van der Waals surface area contributed by atoms with Gasteiger partial charge in [-0.2, -0.15) is 0 Å². The Morgan fingerprint density at radius 3 is 2.47 bits per heavy atom. The number of aryl methyl sites for hydroxylation is 2. The van der Waals surface area contributed by atoms with Crippen LogP contribution in [0.2, 0.25) is 0 Å². The maximum absolute atomic E-state index is 4.81. The highest BCUT2D eigenvalue weighted by Crippen LogP contribution is 2.25. The molecule has 0 bridgehead atoms. The van der Waals surface area contributed by atoms with E-state index in [2.05, 4.69) is 57.8 Å². The van der Waals surface area contributed by atoms with Crippen LogP contribution in [0.15, 0.2) is 6.07 Å². The zero-order valence-corrected chi connectivity index (χ0v) is 13.4. The number of hydrogen-bond donors (Lipinski definition) is 1. The van der Waals surface area contributed by atoms with E-state index in [4.69, 9.17) is 4.98 Å². The third-order valence-electron chi connectivity index (χ3n) is 3.74. The zero-order chi connectivity index (χ0) is 14.4. The summed E-state index contributed by atoms with van der Waals surface area (Å²) in [5.74, 6) is 1.16. The maximum atomic E-state index is 4.81. The lowest BCUT2D eigenvalue weighted by molar-refractivity contribution is 0.614. The van der Waals surface area contributed by atoms with Gasteiger partial charge in [0.1, 0.15) is 5.82 Å². The van der Waals surface area contributed by atoms with Gasteiger partial charge in [-0.15, -0.1) is 0 Å². The van der Waals surface area contributed by atoms with Crippen LogP contribution in [-0.4, -0.2) is 24.1 Å². The van der Waals surface area contributed by atoms with E-state index in [1.54, 1.807) is 0 Å². The molecule has 1 unspecified atom stereocenters. The van der Waals surface area contributed by atoms with E-state index in [0.29, 0.717) is 6.04 Å². The monoisotopic (exact) mass is 263 g/mol. The summed E-state index contributed by atoms with van der Waals surface area (Å²) < 4.78 is 0. The zero-order valence-electron chi connectivity index (χ0n) is 13.4. The Balaban J connectivity index is 3.21. The first kappa shape index (κ1) is 16.0. The predicted octanol–water partition coefficient (Wildman–Crippen LogP) is 3.43. The van der Waals surface area contributed by atoms with Gasteiger partial charge in [0.2, 0.25) is 0 Å². The molecule has 0 spiro atoms. The van der Waals surface area contributed by atoms with Crippen LogP contribution in [-0.2, 0) is 6.54 Å². The molecule has 0 amide bonds. The van der Waals surface area contributed by atoms with Crippen molar-refractivity contribution in [3.63, 3.8) is 0 Å². The first-order chi connectivity index (χ1) is 9.04. The van der Waals surface area contributed by atoms with Gasteiger partial charge in [0, 0.05) is 30.4 Å². The number of hydrogen-bond acceptors (Lipinski definition) is 3. The lowest BCUT2D eigenvalue weighted by Gasteiger charge is -2.31. The van der Waals surface area contributed by atoms with Crippen molar-refractivity contribution in [1.29, 1.82) is 0 Å². The number of nitrogens with zero attached hydrogens (tertiary/aromatic N) is 2. The van der Waals surface area contributed by atoms with E-state index in [-0.39, 0.29) is 0 Å². The highest BCUT2D eigenvalue weighted by molar-refractivity contribution is 5.52. The van der Waals surface area contributed by atoms with Gasteiger partial charge in [-0.05, 0) is 52.3 Å². The van der Waals surface area contributed by atoms with Crippen LogP contribution >= 0.6 is 0 Å². The molecule has 0 aromatic carbocycles. The third kappa shape index (κ3) is 3.93. The second-order valence-corrected chi connectivity index (χ2v) is 5.21. The summed E-state index contributed by atoms with van der Waals surface area (Å²) in [5.41, 5.74) is 3.79. The standard InChI is InChI=1S/C16H29N3/c1-7-14(6)19(9-3)16-15(11-17-8-2)12(4)10-13(5)18-16/h10,14,17H,7-9,11H2,1-6H3. The lowest BCUT2D eigenvalue weighted by Crippen LogP contribution is -2.34. The van der Waals surface area contributed by atoms with Gasteiger partial charge in [0.25, 0.3) is 0 Å². The van der Waals surface area contributed by atoms with Crippen LogP contribution in [0.1, 0.15) is 50.9 Å². The molecule has 108 valence electrons. The summed E-state index contributed by atoms with van der Waals surface area (Å²) in [6.07, 6.45) is 1.14. The fourth-order valence-electron chi connectivity index (χ4n) is 2.44. The van der Waals surface area contributed by atoms with Crippen molar-refractivity contribution in [3.05, 3.63) is 22.9 Å². The van der Waals surface area contributed by atoms with Crippen molar-refractivity contribution in [2.45, 2.75) is 60.5 Å². The smallest absolute Gasteiger partial charge is 0.133 e. The number of pyridine rings is 1. The minimum atomic E-state index is 0.527. The van der Waals surface area contributed by atoms with E-state index in [0.717, 1.165) is 37.6 Å². The Hall–Kier alpha value is -1.09. The summed E-state index contributed by atoms with van der Waals surface area (Å²) in [5, 5.41) is 3.43. The summed E-state index contributed by atoms with van der Waals surface area (Å²) in [6.45, 7) is 16.0. The van der Waals surface area contributed by atoms with Crippen LogP contribution < -0.4 is 10.2 Å². The van der Waals surface area contributed by atoms with Crippen molar-refractivity contribution in [2.75, 3.05) is 18.0 Å². The van der Waals surface area contributed by atoms with Crippen LogP contribution in [0.5, 0.6) is 0 Å². The molecular formula is C16H29N3. The number of nitrogens with one attached hydrogen (secondary N) is 1. The van der Waals surface area contributed by atoms with Crippen LogP contribution in [0.3, 0.4) is 0 Å². The molecule has 0 saturated carbocycles. The molecule has 19 heavy (non-hydrogen) atoms. The number of aromatic nitrogens is 1. The molecule has 1 N–H and O–H groups in total. The molecule has 3 nitrogen and oxygen atoms in total. The van der Waals surface area contributed by atoms with Crippen LogP contribution in [0.4, 0.5) is 5.82 Å². The molecule has 0 fully saturated rings. The summed E-state index contributed by atoms with van der Waals surface area (Å²) in [6, 6.07) is 2.71. The second-order valence-electron chi connectivity index (χ2n) is 5.21. The van der Waals surface area contributed by atoms with Crippen molar-refractivity contribution >= 4 is 5.82 Å². The lowest BCUT2D eigenvalue weighted by atomic mass is 10.1. The molecule has 1 heterocycles. The number of anilines is 1. The Bertz CT molecular complexity index is 401. The summed E-state index contributed by atoms with van der Waals surface area (Å²) in [7, 11) is 0. The van der Waals surface area contributed by atoms with E-state index in [1.807, 2.05) is 0 Å². The van der Waals surface area contributed by atoms with Crippen molar-refractivity contribution in [3.8, 4) is 0 Å². The van der Waals surface area contributed by atoms with Crippen LogP contribution in [0.25, 0.3) is 0 Å². The molecule has 0 aliphatic carbocycles. The normalized spacial score (nSPS) is 12.5. The van der Waals surface area contributed by atoms with Crippen molar-refractivity contribution in [1.82, 2.24) is 10.3 Å². The summed E-state index contributed by atoms with van der Waals surface area (Å²) in [4.78, 5) is 7.24. The average Bonchev–Trinajstić information content (AvgIpc) is 2.38. The molecule has 0 saturated heterocycles. The Morgan fingerprint density at radius 1 is 1.26 bits per heavy atom. The molecule has 1 aromatic rings. The van der Waals surface area contributed by atoms with Crippen LogP contribution in [0, 0.1) is 13.8 Å². The Kier molecular flexibility index (Phi) is 6.29. The highest BCUT2D eigenvalue weighted by atomic mass is 15.2. The van der Waals surface area contributed by atoms with Gasteiger partial charge >= 0.3 is 0 Å². The molecule has 1 atom stereocenters. The molecule has 3 heteroatoms. The fourth-order valence-corrected chi connectivity index (χ4v) is 2.44. The molecule has 0 aliphatic rings. The van der Waals surface area contributed by atoms with Gasteiger partial charge in [-0.3, -0.25) is 0 Å². The van der Waals surface area contributed by atoms with E-state index in [9.17, 15) is 0 Å². The third-order valence-corrected chi connectivity index (χ3v) is 3.74. The minimum absolute atomic E-state index is 0.527. The Labute approximate surface area is 118 Å². The Morgan fingerprint density at radius 2 is 1.95 bits per heavy atom. The van der Waals surface area contributed by atoms with Gasteiger partial charge in [0.05, 0.1) is 0 Å². The predicted molar refractivity (Wildman–Crippen MR) is 83.9 cm³/mol. The van der Waals surface area contributed by atoms with Gasteiger partial charge in [0.15, 0.2) is 0 Å². The SMILES string of the molecule is CCNCc1c(C)cc(C)nc1N(CC)C(C)CC.